The Bertz CT molecular complexity index is 1540. The summed E-state index contributed by atoms with van der Waals surface area (Å²) >= 11 is 12.5. The lowest BCUT2D eigenvalue weighted by molar-refractivity contribution is -0.384. The van der Waals surface area contributed by atoms with Crippen molar-refractivity contribution < 1.29 is 33.5 Å². The molecular formula is C26H19Cl2N3O8. The molecule has 0 spiro atoms. The van der Waals surface area contributed by atoms with Gasteiger partial charge in [-0.05, 0) is 29.3 Å². The molecule has 39 heavy (non-hydrogen) atoms. The van der Waals surface area contributed by atoms with Gasteiger partial charge in [-0.2, -0.15) is 0 Å². The van der Waals surface area contributed by atoms with Crippen LogP contribution in [0.25, 0.3) is 6.08 Å². The third-order valence-corrected chi connectivity index (χ3v) is 6.17. The molecule has 0 atom stereocenters. The predicted molar refractivity (Wildman–Crippen MR) is 142 cm³/mol. The number of benzene rings is 3. The van der Waals surface area contributed by atoms with Crippen molar-refractivity contribution >= 4 is 58.5 Å². The molecule has 1 aliphatic heterocycles. The lowest BCUT2D eigenvalue weighted by Crippen LogP contribution is -2.54. The second kappa shape index (κ2) is 11.4. The molecule has 0 radical (unpaired) electrons. The number of non-ortho nitro benzene ring substituents is 1. The fraction of sp³-hybridized carbons (Fsp3) is 0.115. The van der Waals surface area contributed by atoms with E-state index in [2.05, 4.69) is 5.32 Å². The quantitative estimate of drug-likeness (QED) is 0.169. The molecule has 1 saturated heterocycles. The van der Waals surface area contributed by atoms with Crippen LogP contribution in [0.5, 0.6) is 17.2 Å². The van der Waals surface area contributed by atoms with Crippen LogP contribution in [-0.2, 0) is 16.2 Å². The number of urea groups is 1. The first-order valence-electron chi connectivity index (χ1n) is 11.1. The highest BCUT2D eigenvalue weighted by Gasteiger charge is 2.38. The predicted octanol–water partition coefficient (Wildman–Crippen LogP) is 5.16. The summed E-state index contributed by atoms with van der Waals surface area (Å²) in [6, 6.07) is 12.3. The second-order valence-electron chi connectivity index (χ2n) is 8.02. The Morgan fingerprint density at radius 2 is 1.67 bits per heavy atom. The summed E-state index contributed by atoms with van der Waals surface area (Å²) in [6.45, 7) is 0.0200. The van der Waals surface area contributed by atoms with Gasteiger partial charge in [-0.15, -0.1) is 0 Å². The van der Waals surface area contributed by atoms with E-state index in [4.69, 9.17) is 37.4 Å². The number of nitrogens with zero attached hydrogens (tertiary/aromatic N) is 2. The fourth-order valence-corrected chi connectivity index (χ4v) is 4.18. The van der Waals surface area contributed by atoms with Crippen molar-refractivity contribution in [3.63, 3.8) is 0 Å². The van der Waals surface area contributed by atoms with E-state index in [0.717, 1.165) is 4.90 Å². The summed E-state index contributed by atoms with van der Waals surface area (Å²) in [5.74, 6) is -1.24. The number of methoxy groups -OCH3 is 2. The van der Waals surface area contributed by atoms with E-state index in [1.807, 2.05) is 0 Å². The van der Waals surface area contributed by atoms with Gasteiger partial charge < -0.3 is 14.2 Å². The molecule has 13 heteroatoms. The van der Waals surface area contributed by atoms with Crippen LogP contribution in [0.1, 0.15) is 11.1 Å². The summed E-state index contributed by atoms with van der Waals surface area (Å²) < 4.78 is 16.1. The fourth-order valence-electron chi connectivity index (χ4n) is 3.71. The van der Waals surface area contributed by atoms with E-state index in [-0.39, 0.29) is 50.8 Å². The van der Waals surface area contributed by atoms with Gasteiger partial charge in [0.25, 0.3) is 17.5 Å². The van der Waals surface area contributed by atoms with Crippen molar-refractivity contribution in [3.8, 4) is 17.2 Å². The topological polar surface area (TPSA) is 137 Å². The highest BCUT2D eigenvalue weighted by Crippen LogP contribution is 2.39. The largest absolute Gasteiger partial charge is 0.495 e. The van der Waals surface area contributed by atoms with Crippen LogP contribution in [0.4, 0.5) is 16.2 Å². The number of hydrogen-bond acceptors (Lipinski definition) is 8. The van der Waals surface area contributed by atoms with Gasteiger partial charge in [-0.3, -0.25) is 25.0 Å². The molecule has 1 heterocycles. The maximum absolute atomic E-state index is 13.3. The monoisotopic (exact) mass is 571 g/mol. The smallest absolute Gasteiger partial charge is 0.336 e. The van der Waals surface area contributed by atoms with Gasteiger partial charge in [0.05, 0.1) is 34.9 Å². The molecule has 3 aromatic carbocycles. The van der Waals surface area contributed by atoms with E-state index >= 15 is 0 Å². The highest BCUT2D eigenvalue weighted by atomic mass is 35.5. The number of nitrogens with one attached hydrogen (secondary N) is 1. The van der Waals surface area contributed by atoms with E-state index < -0.39 is 22.8 Å². The van der Waals surface area contributed by atoms with Crippen molar-refractivity contribution in [2.45, 2.75) is 6.61 Å². The van der Waals surface area contributed by atoms with E-state index in [9.17, 15) is 24.5 Å². The van der Waals surface area contributed by atoms with E-state index in [1.54, 1.807) is 18.2 Å². The minimum absolute atomic E-state index is 0.0163. The Morgan fingerprint density at radius 1 is 0.949 bits per heavy atom. The third-order valence-electron chi connectivity index (χ3n) is 5.58. The molecular weight excluding hydrogens is 553 g/mol. The number of imide groups is 2. The van der Waals surface area contributed by atoms with Crippen LogP contribution in [-0.4, -0.2) is 37.0 Å². The van der Waals surface area contributed by atoms with Crippen molar-refractivity contribution in [1.82, 2.24) is 5.32 Å². The lowest BCUT2D eigenvalue weighted by Gasteiger charge is -2.28. The van der Waals surface area contributed by atoms with E-state index in [1.165, 1.54) is 56.7 Å². The Labute approximate surface area is 231 Å². The Hall–Kier alpha value is -4.61. The molecule has 3 aromatic rings. The number of halogens is 2. The number of amides is 4. The molecule has 11 nitrogen and oxygen atoms in total. The molecule has 0 aromatic heterocycles. The average Bonchev–Trinajstić information content (AvgIpc) is 2.91. The number of ether oxygens (including phenoxy) is 3. The second-order valence-corrected chi connectivity index (χ2v) is 8.84. The van der Waals surface area contributed by atoms with Crippen molar-refractivity contribution in [2.24, 2.45) is 0 Å². The maximum Gasteiger partial charge on any atom is 0.336 e. The normalized spacial score (nSPS) is 14.3. The SMILES string of the molecule is COc1cc(N2C(=O)NC(=O)/C(=C\c3ccc(OCc4cccc([N+](=O)[O-])c4)c(Cl)c3)C2=O)c(OC)cc1Cl. The summed E-state index contributed by atoms with van der Waals surface area (Å²) in [6.07, 6.45) is 1.27. The van der Waals surface area contributed by atoms with Crippen molar-refractivity contribution in [3.05, 3.63) is 91.5 Å². The van der Waals surface area contributed by atoms with E-state index in [0.29, 0.717) is 11.1 Å². The maximum atomic E-state index is 13.3. The molecule has 1 aliphatic rings. The van der Waals surface area contributed by atoms with Crippen LogP contribution in [0.15, 0.2) is 60.2 Å². The molecule has 1 fully saturated rings. The molecule has 0 aliphatic carbocycles. The molecule has 4 amide bonds. The van der Waals surface area contributed by atoms with Crippen LogP contribution >= 0.6 is 23.2 Å². The Kier molecular flexibility index (Phi) is 8.03. The number of nitro benzene ring substituents is 1. The van der Waals surface area contributed by atoms with Crippen LogP contribution < -0.4 is 24.4 Å². The zero-order valence-electron chi connectivity index (χ0n) is 20.4. The van der Waals surface area contributed by atoms with Gasteiger partial charge >= 0.3 is 6.03 Å². The lowest BCUT2D eigenvalue weighted by atomic mass is 10.1. The minimum Gasteiger partial charge on any atom is -0.495 e. The zero-order chi connectivity index (χ0) is 28.3. The highest BCUT2D eigenvalue weighted by molar-refractivity contribution is 6.40. The van der Waals surface area contributed by atoms with Gasteiger partial charge in [0.15, 0.2) is 0 Å². The van der Waals surface area contributed by atoms with Gasteiger partial charge in [-0.25, -0.2) is 9.69 Å². The average molecular weight is 572 g/mol. The first-order chi connectivity index (χ1) is 18.6. The number of anilines is 1. The van der Waals surface area contributed by atoms with Gasteiger partial charge in [-0.1, -0.05) is 41.4 Å². The molecule has 0 unspecified atom stereocenters. The molecule has 1 N–H and O–H groups in total. The van der Waals surface area contributed by atoms with Gasteiger partial charge in [0, 0.05) is 24.3 Å². The number of hydrogen-bond donors (Lipinski definition) is 1. The van der Waals surface area contributed by atoms with Crippen LogP contribution in [0.3, 0.4) is 0 Å². The first kappa shape index (κ1) is 27.4. The van der Waals surface area contributed by atoms with Gasteiger partial charge in [0.1, 0.15) is 29.4 Å². The number of barbiturate groups is 1. The zero-order valence-corrected chi connectivity index (χ0v) is 21.9. The summed E-state index contributed by atoms with van der Waals surface area (Å²) in [4.78, 5) is 49.8. The Morgan fingerprint density at radius 3 is 2.33 bits per heavy atom. The molecule has 200 valence electrons. The first-order valence-corrected chi connectivity index (χ1v) is 11.9. The van der Waals surface area contributed by atoms with Crippen LogP contribution in [0.2, 0.25) is 10.0 Å². The Balaban J connectivity index is 1.60. The molecule has 0 saturated carbocycles. The third kappa shape index (κ3) is 5.79. The van der Waals surface area contributed by atoms with Gasteiger partial charge in [0.2, 0.25) is 0 Å². The summed E-state index contributed by atoms with van der Waals surface area (Å²) in [7, 11) is 2.70. The minimum atomic E-state index is -0.979. The summed E-state index contributed by atoms with van der Waals surface area (Å²) in [5.41, 5.74) is 0.544. The molecule has 0 bridgehead atoms. The number of carbonyl (C=O) groups excluding carboxylic acids is 3. The van der Waals surface area contributed by atoms with Crippen LogP contribution in [0, 0.1) is 10.1 Å². The standard InChI is InChI=1S/C26H19Cl2N3O8/c1-37-22-12-20(23(38-2)11-19(22)28)30-25(33)17(24(32)29-26(30)34)9-14-6-7-21(18(27)10-14)39-13-15-4-3-5-16(8-15)31(35)36/h3-12H,13H2,1-2H3,(H,29,32,34)/b17-9+. The number of carbonyl (C=O) groups is 3. The summed E-state index contributed by atoms with van der Waals surface area (Å²) in [5, 5.41) is 13.5. The molecule has 4 rings (SSSR count). The number of rotatable bonds is 8. The van der Waals surface area contributed by atoms with Crippen molar-refractivity contribution in [1.29, 1.82) is 0 Å². The number of nitro groups is 1. The van der Waals surface area contributed by atoms with Crippen molar-refractivity contribution in [2.75, 3.05) is 19.1 Å².